The van der Waals surface area contributed by atoms with Gasteiger partial charge in [-0.25, -0.2) is 0 Å². The molecule has 3 unspecified atom stereocenters. The Morgan fingerprint density at radius 1 is 1.58 bits per heavy atom. The third-order valence-corrected chi connectivity index (χ3v) is 4.12. The highest BCUT2D eigenvalue weighted by Crippen LogP contribution is 2.47. The normalized spacial score (nSPS) is 24.9. The van der Waals surface area contributed by atoms with Crippen molar-refractivity contribution < 1.29 is 9.21 Å². The van der Waals surface area contributed by atoms with E-state index in [1.54, 1.807) is 18.9 Å². The van der Waals surface area contributed by atoms with Crippen molar-refractivity contribution in [2.24, 2.45) is 11.7 Å². The van der Waals surface area contributed by atoms with Crippen LogP contribution in [0.5, 0.6) is 0 Å². The Bertz CT molecular complexity index is 464. The first-order valence-corrected chi connectivity index (χ1v) is 6.98. The molecule has 1 amide bonds. The second kappa shape index (κ2) is 5.00. The molecule has 1 saturated carbocycles. The van der Waals surface area contributed by atoms with Gasteiger partial charge in [-0.3, -0.25) is 4.79 Å². The van der Waals surface area contributed by atoms with Crippen molar-refractivity contribution in [2.75, 3.05) is 7.05 Å². The zero-order chi connectivity index (χ0) is 14.2. The minimum atomic E-state index is -0.796. The minimum Gasteiger partial charge on any atom is -0.464 e. The molecule has 1 aliphatic rings. The zero-order valence-corrected chi connectivity index (χ0v) is 12.3. The summed E-state index contributed by atoms with van der Waals surface area (Å²) in [6.45, 7) is 6.40. The summed E-state index contributed by atoms with van der Waals surface area (Å²) in [5.41, 5.74) is 5.18. The fourth-order valence-corrected chi connectivity index (χ4v) is 2.29. The monoisotopic (exact) mass is 264 g/mol. The summed E-state index contributed by atoms with van der Waals surface area (Å²) in [7, 11) is 1.77. The molecular formula is C15H24N2O2. The highest BCUT2D eigenvalue weighted by molar-refractivity contribution is 5.85. The van der Waals surface area contributed by atoms with Gasteiger partial charge < -0.3 is 15.1 Å². The molecule has 0 radical (unpaired) electrons. The maximum atomic E-state index is 12.2. The van der Waals surface area contributed by atoms with E-state index in [1.807, 2.05) is 19.1 Å². The first-order valence-electron chi connectivity index (χ1n) is 6.98. The van der Waals surface area contributed by atoms with Gasteiger partial charge in [-0.1, -0.05) is 13.8 Å². The smallest absolute Gasteiger partial charge is 0.242 e. The Kier molecular flexibility index (Phi) is 3.72. The lowest BCUT2D eigenvalue weighted by Crippen LogP contribution is -2.51. The second-order valence-electron chi connectivity index (χ2n) is 6.06. The molecule has 0 aliphatic heterocycles. The predicted molar refractivity (Wildman–Crippen MR) is 74.6 cm³/mol. The summed E-state index contributed by atoms with van der Waals surface area (Å²) in [5, 5.41) is 0. The summed E-state index contributed by atoms with van der Waals surface area (Å²) >= 11 is 0. The lowest BCUT2D eigenvalue weighted by Gasteiger charge is -2.27. The van der Waals surface area contributed by atoms with Crippen molar-refractivity contribution in [2.45, 2.75) is 51.6 Å². The number of rotatable bonds is 5. The molecule has 0 aromatic carbocycles. The van der Waals surface area contributed by atoms with Gasteiger partial charge in [0.2, 0.25) is 5.91 Å². The van der Waals surface area contributed by atoms with Gasteiger partial charge in [-0.2, -0.15) is 0 Å². The van der Waals surface area contributed by atoms with Crippen molar-refractivity contribution in [1.29, 1.82) is 0 Å². The van der Waals surface area contributed by atoms with Crippen LogP contribution in [-0.2, 0) is 11.3 Å². The number of nitrogens with zero attached hydrogens (tertiary/aromatic N) is 1. The van der Waals surface area contributed by atoms with Gasteiger partial charge in [0, 0.05) is 13.0 Å². The Labute approximate surface area is 114 Å². The van der Waals surface area contributed by atoms with Gasteiger partial charge in [0.1, 0.15) is 11.5 Å². The molecule has 1 fully saturated rings. The van der Waals surface area contributed by atoms with E-state index in [9.17, 15) is 4.79 Å². The van der Waals surface area contributed by atoms with Gasteiger partial charge in [0.05, 0.1) is 12.1 Å². The average Bonchev–Trinajstić information content (AvgIpc) is 2.91. The first kappa shape index (κ1) is 14.1. The molecule has 0 spiro atoms. The van der Waals surface area contributed by atoms with E-state index in [-0.39, 0.29) is 5.91 Å². The lowest BCUT2D eigenvalue weighted by atomic mass is 9.99. The van der Waals surface area contributed by atoms with Crippen LogP contribution in [-0.4, -0.2) is 23.4 Å². The zero-order valence-electron chi connectivity index (χ0n) is 12.3. The van der Waals surface area contributed by atoms with Crippen LogP contribution >= 0.6 is 0 Å². The maximum absolute atomic E-state index is 12.2. The van der Waals surface area contributed by atoms with Crippen LogP contribution in [0.3, 0.4) is 0 Å². The summed E-state index contributed by atoms with van der Waals surface area (Å²) in [4.78, 5) is 13.8. The van der Waals surface area contributed by atoms with Crippen LogP contribution in [0.15, 0.2) is 16.5 Å². The van der Waals surface area contributed by atoms with E-state index in [4.69, 9.17) is 10.2 Å². The molecule has 3 atom stereocenters. The third-order valence-electron chi connectivity index (χ3n) is 4.12. The number of amides is 1. The fourth-order valence-electron chi connectivity index (χ4n) is 2.29. The molecule has 4 heteroatoms. The number of furan rings is 1. The molecule has 0 saturated heterocycles. The Hall–Kier alpha value is -1.29. The Morgan fingerprint density at radius 3 is 2.74 bits per heavy atom. The van der Waals surface area contributed by atoms with E-state index in [2.05, 4.69) is 6.92 Å². The molecule has 4 nitrogen and oxygen atoms in total. The lowest BCUT2D eigenvalue weighted by molar-refractivity contribution is -0.135. The number of likely N-dealkylation sites (N-methyl/N-ethyl adjacent to an activating group) is 1. The Morgan fingerprint density at radius 2 is 2.21 bits per heavy atom. The molecular weight excluding hydrogens is 240 g/mol. The molecule has 2 N–H and O–H groups in total. The van der Waals surface area contributed by atoms with Crippen LogP contribution < -0.4 is 5.73 Å². The SMILES string of the molecule is CCC(C)(N)C(=O)N(C)Cc1ccc(C2CC2C)o1. The van der Waals surface area contributed by atoms with E-state index in [0.717, 1.165) is 17.4 Å². The van der Waals surface area contributed by atoms with Crippen LogP contribution in [0.2, 0.25) is 0 Å². The molecule has 19 heavy (non-hydrogen) atoms. The minimum absolute atomic E-state index is 0.0484. The number of carbonyl (C=O) groups is 1. The van der Waals surface area contributed by atoms with Crippen LogP contribution in [0, 0.1) is 5.92 Å². The van der Waals surface area contributed by atoms with E-state index in [0.29, 0.717) is 18.9 Å². The quantitative estimate of drug-likeness (QED) is 0.888. The van der Waals surface area contributed by atoms with Crippen molar-refractivity contribution in [1.82, 2.24) is 4.90 Å². The van der Waals surface area contributed by atoms with Gasteiger partial charge >= 0.3 is 0 Å². The molecule has 1 aromatic heterocycles. The van der Waals surface area contributed by atoms with Crippen molar-refractivity contribution in [3.63, 3.8) is 0 Å². The number of carbonyl (C=O) groups excluding carboxylic acids is 1. The van der Waals surface area contributed by atoms with Gasteiger partial charge in [0.15, 0.2) is 0 Å². The van der Waals surface area contributed by atoms with Gasteiger partial charge in [0.25, 0.3) is 0 Å². The second-order valence-corrected chi connectivity index (χ2v) is 6.06. The average molecular weight is 264 g/mol. The van der Waals surface area contributed by atoms with Crippen molar-refractivity contribution in [3.05, 3.63) is 23.7 Å². The Balaban J connectivity index is 1.97. The third kappa shape index (κ3) is 3.00. The van der Waals surface area contributed by atoms with E-state index in [1.165, 1.54) is 6.42 Å². The topological polar surface area (TPSA) is 59.5 Å². The van der Waals surface area contributed by atoms with Gasteiger partial charge in [-0.15, -0.1) is 0 Å². The molecule has 1 aromatic rings. The summed E-state index contributed by atoms with van der Waals surface area (Å²) in [5.74, 6) is 3.13. The number of hydrogen-bond acceptors (Lipinski definition) is 3. The van der Waals surface area contributed by atoms with Crippen LogP contribution in [0.1, 0.15) is 51.1 Å². The predicted octanol–water partition coefficient (Wildman–Crippen LogP) is 2.49. The molecule has 2 rings (SSSR count). The highest BCUT2D eigenvalue weighted by atomic mass is 16.3. The van der Waals surface area contributed by atoms with Crippen molar-refractivity contribution in [3.8, 4) is 0 Å². The number of nitrogens with two attached hydrogens (primary N) is 1. The van der Waals surface area contributed by atoms with E-state index >= 15 is 0 Å². The largest absolute Gasteiger partial charge is 0.464 e. The van der Waals surface area contributed by atoms with Crippen molar-refractivity contribution >= 4 is 5.91 Å². The summed E-state index contributed by atoms with van der Waals surface area (Å²) in [6, 6.07) is 3.99. The first-order chi connectivity index (χ1) is 8.85. The van der Waals surface area contributed by atoms with Gasteiger partial charge in [-0.05, 0) is 37.8 Å². The van der Waals surface area contributed by atoms with E-state index < -0.39 is 5.54 Å². The summed E-state index contributed by atoms with van der Waals surface area (Å²) in [6.07, 6.45) is 1.83. The van der Waals surface area contributed by atoms with Crippen LogP contribution in [0.4, 0.5) is 0 Å². The molecule has 106 valence electrons. The standard InChI is InChI=1S/C15H24N2O2/c1-5-15(3,16)14(18)17(4)9-11-6-7-13(19-11)12-8-10(12)2/h6-7,10,12H,5,8-9,16H2,1-4H3. The fraction of sp³-hybridized carbons (Fsp3) is 0.667. The number of hydrogen-bond donors (Lipinski definition) is 1. The molecule has 0 bridgehead atoms. The van der Waals surface area contributed by atoms with Crippen LogP contribution in [0.25, 0.3) is 0 Å². The summed E-state index contributed by atoms with van der Waals surface area (Å²) < 4.78 is 5.81. The highest BCUT2D eigenvalue weighted by Gasteiger charge is 2.36. The maximum Gasteiger partial charge on any atom is 0.242 e. The molecule has 1 heterocycles. The molecule has 1 aliphatic carbocycles.